The molecule has 0 fully saturated rings. The Bertz CT molecular complexity index is 541. The predicted molar refractivity (Wildman–Crippen MR) is 66.9 cm³/mol. The molecule has 1 unspecified atom stereocenters. The molecule has 0 spiro atoms. The molecule has 1 amide bonds. The second kappa shape index (κ2) is 5.51. The van der Waals surface area contributed by atoms with Crippen LogP contribution in [-0.4, -0.2) is 29.4 Å². The molecular weight excluding hydrogens is 248 g/mol. The van der Waals surface area contributed by atoms with Crippen molar-refractivity contribution in [3.63, 3.8) is 0 Å². The Labute approximate surface area is 109 Å². The van der Waals surface area contributed by atoms with Crippen LogP contribution in [0.1, 0.15) is 28.8 Å². The molecule has 1 aliphatic heterocycles. The van der Waals surface area contributed by atoms with Gasteiger partial charge in [0.15, 0.2) is 0 Å². The third kappa shape index (κ3) is 2.29. The summed E-state index contributed by atoms with van der Waals surface area (Å²) in [5.74, 6) is -0.302. The Morgan fingerprint density at radius 1 is 1.37 bits per heavy atom. The van der Waals surface area contributed by atoms with Gasteiger partial charge in [-0.3, -0.25) is 4.79 Å². The Balaban J connectivity index is 2.29. The SMILES string of the molecule is O=CCCC(C=O)N1Cc2c(N=O)cccc2C1=O. The highest BCUT2D eigenvalue weighted by molar-refractivity contribution is 6.01. The second-order valence-electron chi connectivity index (χ2n) is 4.28. The lowest BCUT2D eigenvalue weighted by Crippen LogP contribution is -2.36. The zero-order valence-electron chi connectivity index (χ0n) is 10.1. The average Bonchev–Trinajstić information content (AvgIpc) is 2.77. The summed E-state index contributed by atoms with van der Waals surface area (Å²) < 4.78 is 0. The molecule has 0 aliphatic carbocycles. The van der Waals surface area contributed by atoms with Crippen molar-refractivity contribution in [1.29, 1.82) is 0 Å². The van der Waals surface area contributed by atoms with Crippen LogP contribution < -0.4 is 0 Å². The summed E-state index contributed by atoms with van der Waals surface area (Å²) >= 11 is 0. The lowest BCUT2D eigenvalue weighted by atomic mass is 10.1. The number of nitrogens with zero attached hydrogens (tertiary/aromatic N) is 2. The Kier molecular flexibility index (Phi) is 3.79. The van der Waals surface area contributed by atoms with E-state index in [0.717, 1.165) is 0 Å². The van der Waals surface area contributed by atoms with Gasteiger partial charge in [0.05, 0.1) is 6.04 Å². The minimum absolute atomic E-state index is 0.179. The first kappa shape index (κ1) is 13.1. The van der Waals surface area contributed by atoms with E-state index in [0.29, 0.717) is 23.7 Å². The number of hydrogen-bond donors (Lipinski definition) is 0. The smallest absolute Gasteiger partial charge is 0.255 e. The summed E-state index contributed by atoms with van der Waals surface area (Å²) in [5.41, 5.74) is 1.16. The van der Waals surface area contributed by atoms with Crippen molar-refractivity contribution in [2.24, 2.45) is 5.18 Å². The van der Waals surface area contributed by atoms with E-state index in [4.69, 9.17) is 0 Å². The van der Waals surface area contributed by atoms with Crippen molar-refractivity contribution >= 4 is 24.2 Å². The van der Waals surface area contributed by atoms with Crippen LogP contribution in [-0.2, 0) is 16.1 Å². The van der Waals surface area contributed by atoms with E-state index in [1.54, 1.807) is 12.1 Å². The van der Waals surface area contributed by atoms with Crippen LogP contribution in [0.25, 0.3) is 0 Å². The second-order valence-corrected chi connectivity index (χ2v) is 4.28. The van der Waals surface area contributed by atoms with Crippen LogP contribution in [0, 0.1) is 4.91 Å². The summed E-state index contributed by atoms with van der Waals surface area (Å²) in [7, 11) is 0. The van der Waals surface area contributed by atoms with Crippen LogP contribution in [0.5, 0.6) is 0 Å². The Hall–Kier alpha value is -2.37. The standard InChI is InChI=1S/C13H12N2O4/c16-6-2-3-9(8-17)15-7-11-10(13(15)18)4-1-5-12(11)14-19/h1,4-6,8-9H,2-3,7H2. The molecule has 98 valence electrons. The molecule has 0 radical (unpaired) electrons. The largest absolute Gasteiger partial charge is 0.324 e. The number of carbonyl (C=O) groups excluding carboxylic acids is 3. The van der Waals surface area contributed by atoms with Crippen LogP contribution in [0.4, 0.5) is 5.69 Å². The highest BCUT2D eigenvalue weighted by Gasteiger charge is 2.33. The van der Waals surface area contributed by atoms with E-state index in [1.165, 1.54) is 11.0 Å². The van der Waals surface area contributed by atoms with Crippen molar-refractivity contribution in [3.05, 3.63) is 34.2 Å². The van der Waals surface area contributed by atoms with E-state index in [1.807, 2.05) is 0 Å². The molecule has 6 nitrogen and oxygen atoms in total. The first-order chi connectivity index (χ1) is 9.22. The zero-order chi connectivity index (χ0) is 13.8. The molecule has 1 aliphatic rings. The zero-order valence-corrected chi connectivity index (χ0v) is 10.1. The monoisotopic (exact) mass is 260 g/mol. The number of fused-ring (bicyclic) bond motifs is 1. The van der Waals surface area contributed by atoms with Gasteiger partial charge in [-0.25, -0.2) is 0 Å². The van der Waals surface area contributed by atoms with Crippen molar-refractivity contribution in [3.8, 4) is 0 Å². The molecular formula is C13H12N2O4. The summed E-state index contributed by atoms with van der Waals surface area (Å²) in [5, 5.41) is 2.88. The number of rotatable bonds is 6. The Morgan fingerprint density at radius 3 is 2.79 bits per heavy atom. The van der Waals surface area contributed by atoms with Gasteiger partial charge in [0.1, 0.15) is 18.3 Å². The molecule has 1 aromatic rings. The van der Waals surface area contributed by atoms with E-state index < -0.39 is 6.04 Å². The van der Waals surface area contributed by atoms with Gasteiger partial charge >= 0.3 is 0 Å². The van der Waals surface area contributed by atoms with Gasteiger partial charge in [-0.1, -0.05) is 6.07 Å². The number of amides is 1. The lowest BCUT2D eigenvalue weighted by Gasteiger charge is -2.22. The summed E-state index contributed by atoms with van der Waals surface area (Å²) in [6, 6.07) is 4.07. The highest BCUT2D eigenvalue weighted by Crippen LogP contribution is 2.32. The maximum Gasteiger partial charge on any atom is 0.255 e. The predicted octanol–water partition coefficient (Wildman–Crippen LogP) is 1.59. The van der Waals surface area contributed by atoms with Crippen molar-refractivity contribution in [2.75, 3.05) is 0 Å². The molecule has 0 aromatic heterocycles. The molecule has 1 aromatic carbocycles. The van der Waals surface area contributed by atoms with Gasteiger partial charge in [0, 0.05) is 24.1 Å². The maximum absolute atomic E-state index is 12.2. The third-order valence-electron chi connectivity index (χ3n) is 3.21. The minimum Gasteiger partial charge on any atom is -0.324 e. The van der Waals surface area contributed by atoms with Crippen LogP contribution >= 0.6 is 0 Å². The number of carbonyl (C=O) groups is 3. The van der Waals surface area contributed by atoms with Gasteiger partial charge < -0.3 is 14.5 Å². The van der Waals surface area contributed by atoms with Crippen molar-refractivity contribution in [2.45, 2.75) is 25.4 Å². The fraction of sp³-hybridized carbons (Fsp3) is 0.308. The molecule has 0 N–H and O–H groups in total. The molecule has 2 rings (SSSR count). The summed E-state index contributed by atoms with van der Waals surface area (Å²) in [6.45, 7) is 0.179. The Morgan fingerprint density at radius 2 is 2.16 bits per heavy atom. The quantitative estimate of drug-likeness (QED) is 0.574. The van der Waals surface area contributed by atoms with E-state index in [-0.39, 0.29) is 31.0 Å². The summed E-state index contributed by atoms with van der Waals surface area (Å²) in [4.78, 5) is 45.6. The molecule has 1 heterocycles. The van der Waals surface area contributed by atoms with E-state index in [9.17, 15) is 19.3 Å². The van der Waals surface area contributed by atoms with Crippen LogP contribution in [0.2, 0.25) is 0 Å². The third-order valence-corrected chi connectivity index (χ3v) is 3.21. The highest BCUT2D eigenvalue weighted by atomic mass is 16.3. The van der Waals surface area contributed by atoms with Crippen LogP contribution in [0.3, 0.4) is 0 Å². The molecule has 6 heteroatoms. The number of benzene rings is 1. The van der Waals surface area contributed by atoms with Gasteiger partial charge in [-0.2, -0.15) is 0 Å². The summed E-state index contributed by atoms with van der Waals surface area (Å²) in [6.07, 6.45) is 1.86. The maximum atomic E-state index is 12.2. The van der Waals surface area contributed by atoms with Crippen molar-refractivity contribution in [1.82, 2.24) is 4.90 Å². The molecule has 0 saturated carbocycles. The average molecular weight is 260 g/mol. The molecule has 19 heavy (non-hydrogen) atoms. The fourth-order valence-corrected chi connectivity index (χ4v) is 2.23. The lowest BCUT2D eigenvalue weighted by molar-refractivity contribution is -0.112. The number of hydrogen-bond acceptors (Lipinski definition) is 5. The van der Waals surface area contributed by atoms with Gasteiger partial charge in [-0.15, -0.1) is 4.91 Å². The molecule has 1 atom stereocenters. The molecule has 0 saturated heterocycles. The topological polar surface area (TPSA) is 83.9 Å². The van der Waals surface area contributed by atoms with Gasteiger partial charge in [0.25, 0.3) is 5.91 Å². The molecule has 0 bridgehead atoms. The minimum atomic E-state index is -0.649. The number of nitroso groups, excluding NO2 is 1. The normalized spacial score (nSPS) is 14.9. The van der Waals surface area contributed by atoms with Gasteiger partial charge in [0.2, 0.25) is 0 Å². The van der Waals surface area contributed by atoms with Crippen molar-refractivity contribution < 1.29 is 14.4 Å². The number of aldehydes is 2. The van der Waals surface area contributed by atoms with E-state index in [2.05, 4.69) is 5.18 Å². The first-order valence-corrected chi connectivity index (χ1v) is 5.88. The van der Waals surface area contributed by atoms with Crippen LogP contribution in [0.15, 0.2) is 23.4 Å². The first-order valence-electron chi connectivity index (χ1n) is 5.88. The fourth-order valence-electron chi connectivity index (χ4n) is 2.23. The van der Waals surface area contributed by atoms with Gasteiger partial charge in [-0.05, 0) is 23.7 Å². The van der Waals surface area contributed by atoms with E-state index >= 15 is 0 Å².